The lowest BCUT2D eigenvalue weighted by Gasteiger charge is -2.24. The Kier molecular flexibility index (Phi) is 4.60. The van der Waals surface area contributed by atoms with E-state index >= 15 is 0 Å². The second-order valence-corrected chi connectivity index (χ2v) is 6.40. The Morgan fingerprint density at radius 3 is 2.45 bits per heavy atom. The van der Waals surface area contributed by atoms with Crippen molar-refractivity contribution in [2.75, 3.05) is 6.54 Å². The van der Waals surface area contributed by atoms with E-state index in [2.05, 4.69) is 5.32 Å². The van der Waals surface area contributed by atoms with Gasteiger partial charge in [0.05, 0.1) is 11.1 Å². The van der Waals surface area contributed by atoms with Crippen molar-refractivity contribution in [1.82, 2.24) is 5.32 Å². The van der Waals surface area contributed by atoms with Crippen molar-refractivity contribution in [2.24, 2.45) is 0 Å². The number of carbonyl (C=O) groups is 1. The van der Waals surface area contributed by atoms with Crippen LogP contribution in [0.2, 0.25) is 0 Å². The van der Waals surface area contributed by atoms with Gasteiger partial charge >= 0.3 is 6.18 Å². The van der Waals surface area contributed by atoms with Crippen molar-refractivity contribution >= 4 is 17.2 Å². The fourth-order valence-electron chi connectivity index (χ4n) is 2.08. The number of benzene rings is 1. The van der Waals surface area contributed by atoms with Gasteiger partial charge in [-0.05, 0) is 34.5 Å². The summed E-state index contributed by atoms with van der Waals surface area (Å²) in [6.07, 6.45) is -4.54. The number of rotatable bonds is 4. The second kappa shape index (κ2) is 6.12. The molecule has 0 spiro atoms. The minimum Gasteiger partial charge on any atom is -0.351 e. The zero-order chi connectivity index (χ0) is 16.4. The summed E-state index contributed by atoms with van der Waals surface area (Å²) < 4.78 is 38.8. The van der Waals surface area contributed by atoms with Crippen LogP contribution in [0, 0.1) is 0 Å². The Bertz CT molecular complexity index is 648. The first-order valence-corrected chi connectivity index (χ1v) is 7.63. The standard InChI is InChI=1S/C16H16F3NOS/c1-15(2,11-7-8-22-9-11)10-20-14(21)12-5-3-4-6-13(12)16(17,18)19/h3-9H,10H2,1-2H3,(H,20,21). The van der Waals surface area contributed by atoms with Crippen molar-refractivity contribution in [3.05, 3.63) is 57.8 Å². The van der Waals surface area contributed by atoms with Crippen LogP contribution in [0.5, 0.6) is 0 Å². The molecule has 2 nitrogen and oxygen atoms in total. The highest BCUT2D eigenvalue weighted by Gasteiger charge is 2.35. The molecule has 1 aromatic heterocycles. The largest absolute Gasteiger partial charge is 0.417 e. The molecule has 0 bridgehead atoms. The van der Waals surface area contributed by atoms with Gasteiger partial charge in [-0.1, -0.05) is 26.0 Å². The third kappa shape index (κ3) is 3.68. The van der Waals surface area contributed by atoms with Crippen LogP contribution in [-0.4, -0.2) is 12.5 Å². The molecule has 2 rings (SSSR count). The Morgan fingerprint density at radius 1 is 1.18 bits per heavy atom. The molecule has 0 aliphatic carbocycles. The van der Waals surface area contributed by atoms with E-state index in [0.29, 0.717) is 0 Å². The van der Waals surface area contributed by atoms with Crippen molar-refractivity contribution < 1.29 is 18.0 Å². The zero-order valence-electron chi connectivity index (χ0n) is 12.2. The van der Waals surface area contributed by atoms with Gasteiger partial charge in [-0.2, -0.15) is 24.5 Å². The Hall–Kier alpha value is -1.82. The first-order valence-electron chi connectivity index (χ1n) is 6.69. The van der Waals surface area contributed by atoms with Crippen molar-refractivity contribution in [3.63, 3.8) is 0 Å². The van der Waals surface area contributed by atoms with E-state index < -0.39 is 17.6 Å². The van der Waals surface area contributed by atoms with Crippen LogP contribution in [-0.2, 0) is 11.6 Å². The molecule has 0 unspecified atom stereocenters. The van der Waals surface area contributed by atoms with Crippen molar-refractivity contribution in [2.45, 2.75) is 25.4 Å². The number of hydrogen-bond donors (Lipinski definition) is 1. The third-order valence-corrected chi connectivity index (χ3v) is 4.15. The number of hydrogen-bond acceptors (Lipinski definition) is 2. The quantitative estimate of drug-likeness (QED) is 0.882. The molecular weight excluding hydrogens is 311 g/mol. The molecule has 118 valence electrons. The zero-order valence-corrected chi connectivity index (χ0v) is 13.0. The summed E-state index contributed by atoms with van der Waals surface area (Å²) in [4.78, 5) is 12.1. The monoisotopic (exact) mass is 327 g/mol. The van der Waals surface area contributed by atoms with Crippen LogP contribution in [0.3, 0.4) is 0 Å². The summed E-state index contributed by atoms with van der Waals surface area (Å²) in [6, 6.07) is 6.75. The van der Waals surface area contributed by atoms with E-state index in [1.807, 2.05) is 30.7 Å². The summed E-state index contributed by atoms with van der Waals surface area (Å²) in [7, 11) is 0. The topological polar surface area (TPSA) is 29.1 Å². The number of thiophene rings is 1. The van der Waals surface area contributed by atoms with E-state index in [1.165, 1.54) is 18.2 Å². The third-order valence-electron chi connectivity index (χ3n) is 3.47. The molecule has 22 heavy (non-hydrogen) atoms. The maximum atomic E-state index is 12.9. The Labute approximate surface area is 131 Å². The van der Waals surface area contributed by atoms with Crippen molar-refractivity contribution in [3.8, 4) is 0 Å². The molecule has 2 aromatic rings. The van der Waals surface area contributed by atoms with Crippen LogP contribution in [0.15, 0.2) is 41.1 Å². The molecule has 0 fully saturated rings. The summed E-state index contributed by atoms with van der Waals surface area (Å²) in [5.74, 6) is -0.712. The minimum absolute atomic E-state index is 0.259. The van der Waals surface area contributed by atoms with E-state index in [0.717, 1.165) is 11.6 Å². The molecule has 0 aliphatic rings. The van der Waals surface area contributed by atoms with E-state index in [-0.39, 0.29) is 17.5 Å². The Balaban J connectivity index is 2.14. The number of alkyl halides is 3. The van der Waals surface area contributed by atoms with Gasteiger partial charge in [0.25, 0.3) is 5.91 Å². The van der Waals surface area contributed by atoms with E-state index in [1.54, 1.807) is 11.3 Å². The summed E-state index contributed by atoms with van der Waals surface area (Å²) in [5.41, 5.74) is -0.568. The average Bonchev–Trinajstić information content (AvgIpc) is 2.99. The van der Waals surface area contributed by atoms with Gasteiger partial charge in [0.1, 0.15) is 0 Å². The number of carbonyl (C=O) groups excluding carboxylic acids is 1. The van der Waals surface area contributed by atoms with Gasteiger partial charge in [-0.3, -0.25) is 4.79 Å². The number of halogens is 3. The molecule has 6 heteroatoms. The normalized spacial score (nSPS) is 12.2. The van der Waals surface area contributed by atoms with Gasteiger partial charge in [0.15, 0.2) is 0 Å². The lowest BCUT2D eigenvalue weighted by molar-refractivity contribution is -0.137. The van der Waals surface area contributed by atoms with E-state index in [4.69, 9.17) is 0 Å². The van der Waals surface area contributed by atoms with E-state index in [9.17, 15) is 18.0 Å². The fourth-order valence-corrected chi connectivity index (χ4v) is 2.92. The average molecular weight is 327 g/mol. The Morgan fingerprint density at radius 2 is 1.86 bits per heavy atom. The molecule has 1 amide bonds. The molecule has 1 N–H and O–H groups in total. The minimum atomic E-state index is -4.54. The first-order chi connectivity index (χ1) is 10.2. The van der Waals surface area contributed by atoms with Crippen LogP contribution in [0.25, 0.3) is 0 Å². The maximum absolute atomic E-state index is 12.9. The molecule has 0 saturated heterocycles. The van der Waals surface area contributed by atoms with Gasteiger partial charge in [0, 0.05) is 12.0 Å². The van der Waals surface area contributed by atoms with Crippen LogP contribution < -0.4 is 5.32 Å². The summed E-state index contributed by atoms with van der Waals surface area (Å²) in [6.45, 7) is 4.13. The smallest absolute Gasteiger partial charge is 0.351 e. The molecule has 0 radical (unpaired) electrons. The first kappa shape index (κ1) is 16.5. The molecule has 0 aliphatic heterocycles. The lowest BCUT2D eigenvalue weighted by Crippen LogP contribution is -2.37. The van der Waals surface area contributed by atoms with Crippen LogP contribution in [0.4, 0.5) is 13.2 Å². The highest BCUT2D eigenvalue weighted by molar-refractivity contribution is 7.08. The molecule has 1 aromatic carbocycles. The maximum Gasteiger partial charge on any atom is 0.417 e. The van der Waals surface area contributed by atoms with Gasteiger partial charge < -0.3 is 5.32 Å². The SMILES string of the molecule is CC(C)(CNC(=O)c1ccccc1C(F)(F)F)c1ccsc1. The van der Waals surface area contributed by atoms with Gasteiger partial charge in [-0.25, -0.2) is 0 Å². The van der Waals surface area contributed by atoms with Gasteiger partial charge in [-0.15, -0.1) is 0 Å². The highest BCUT2D eigenvalue weighted by atomic mass is 32.1. The van der Waals surface area contributed by atoms with Gasteiger partial charge in [0.2, 0.25) is 0 Å². The highest BCUT2D eigenvalue weighted by Crippen LogP contribution is 2.32. The molecule has 0 atom stereocenters. The summed E-state index contributed by atoms with van der Waals surface area (Å²) in [5, 5.41) is 6.50. The molecule has 0 saturated carbocycles. The number of amides is 1. The molecule has 1 heterocycles. The molecular formula is C16H16F3NOS. The predicted octanol–water partition coefficient (Wildman–Crippen LogP) is 4.47. The van der Waals surface area contributed by atoms with Crippen LogP contribution >= 0.6 is 11.3 Å². The predicted molar refractivity (Wildman–Crippen MR) is 81.1 cm³/mol. The fraction of sp³-hybridized carbons (Fsp3) is 0.312. The summed E-state index contributed by atoms with van der Waals surface area (Å²) >= 11 is 1.54. The lowest BCUT2D eigenvalue weighted by atomic mass is 9.86. The number of nitrogens with one attached hydrogen (secondary N) is 1. The second-order valence-electron chi connectivity index (χ2n) is 5.62. The van der Waals surface area contributed by atoms with Crippen molar-refractivity contribution in [1.29, 1.82) is 0 Å². The van der Waals surface area contributed by atoms with Crippen LogP contribution in [0.1, 0.15) is 35.3 Å².